The molecular weight excluding hydrogens is 406 g/mol. The number of nitrogens with one attached hydrogen (secondary N) is 1. The van der Waals surface area contributed by atoms with Gasteiger partial charge in [0.25, 0.3) is 0 Å². The van der Waals surface area contributed by atoms with E-state index < -0.39 is 5.60 Å². The third kappa shape index (κ3) is 5.07. The maximum Gasteiger partial charge on any atom is 0.410 e. The normalized spacial score (nSPS) is 16.6. The van der Waals surface area contributed by atoms with Crippen LogP contribution in [-0.4, -0.2) is 50.9 Å². The number of nitrogens with zero attached hydrogens (tertiary/aromatic N) is 4. The Hall–Kier alpha value is -3.42. The fourth-order valence-electron chi connectivity index (χ4n) is 3.80. The molecule has 0 saturated carbocycles. The van der Waals surface area contributed by atoms with Crippen molar-refractivity contribution in [2.24, 2.45) is 0 Å². The number of ether oxygens (including phenoxy) is 1. The van der Waals surface area contributed by atoms with Crippen LogP contribution in [0.1, 0.15) is 39.4 Å². The van der Waals surface area contributed by atoms with Gasteiger partial charge in [0, 0.05) is 30.9 Å². The van der Waals surface area contributed by atoms with Gasteiger partial charge in [-0.3, -0.25) is 0 Å². The number of aromatic nitrogens is 3. The largest absolute Gasteiger partial charge is 0.444 e. The van der Waals surface area contributed by atoms with E-state index in [1.807, 2.05) is 64.1 Å². The molecular formula is C24H29N5O3. The van der Waals surface area contributed by atoms with Crippen molar-refractivity contribution >= 4 is 12.0 Å². The molecule has 8 heteroatoms. The zero-order chi connectivity index (χ0) is 22.7. The first kappa shape index (κ1) is 21.8. The quantitative estimate of drug-likeness (QED) is 0.622. The number of likely N-dealkylation sites (tertiary alicyclic amines) is 1. The van der Waals surface area contributed by atoms with Crippen molar-refractivity contribution in [3.8, 4) is 22.5 Å². The highest BCUT2D eigenvalue weighted by Crippen LogP contribution is 2.33. The monoisotopic (exact) mass is 435 g/mol. The molecule has 8 nitrogen and oxygen atoms in total. The van der Waals surface area contributed by atoms with E-state index in [2.05, 4.69) is 15.5 Å². The Morgan fingerprint density at radius 2 is 2.00 bits per heavy atom. The highest BCUT2D eigenvalue weighted by atomic mass is 16.6. The minimum absolute atomic E-state index is 0.0451. The van der Waals surface area contributed by atoms with Crippen LogP contribution >= 0.6 is 0 Å². The summed E-state index contributed by atoms with van der Waals surface area (Å²) >= 11 is 0. The summed E-state index contributed by atoms with van der Waals surface area (Å²) in [6, 6.07) is 11.8. The van der Waals surface area contributed by atoms with Gasteiger partial charge in [-0.15, -0.1) is 0 Å². The van der Waals surface area contributed by atoms with Gasteiger partial charge in [0.05, 0.1) is 11.3 Å². The molecule has 1 unspecified atom stereocenters. The number of hydrogen-bond donors (Lipinski definition) is 1. The van der Waals surface area contributed by atoms with Crippen LogP contribution in [0, 0.1) is 6.92 Å². The van der Waals surface area contributed by atoms with E-state index in [4.69, 9.17) is 14.2 Å². The van der Waals surface area contributed by atoms with Crippen LogP contribution < -0.4 is 5.32 Å². The van der Waals surface area contributed by atoms with Gasteiger partial charge in [-0.2, -0.15) is 0 Å². The number of anilines is 1. The molecule has 1 N–H and O–H groups in total. The third-order valence-electron chi connectivity index (χ3n) is 5.23. The molecule has 1 saturated heterocycles. The molecule has 2 aromatic heterocycles. The summed E-state index contributed by atoms with van der Waals surface area (Å²) in [6.45, 7) is 8.74. The first-order valence-corrected chi connectivity index (χ1v) is 10.9. The number of carbonyl (C=O) groups excluding carboxylic acids is 1. The van der Waals surface area contributed by atoms with Crippen molar-refractivity contribution in [2.75, 3.05) is 18.4 Å². The molecule has 1 aromatic carbocycles. The van der Waals surface area contributed by atoms with E-state index in [1.165, 1.54) is 0 Å². The molecule has 1 atom stereocenters. The van der Waals surface area contributed by atoms with Gasteiger partial charge in [-0.05, 0) is 46.6 Å². The molecule has 1 aliphatic heterocycles. The standard InChI is InChI=1S/C24H29N5O3/c1-16-20(21(28-32-16)17-9-6-5-7-10-17)19-12-13-25-22(27-19)26-18-11-8-14-29(15-18)23(30)31-24(2,3)4/h5-7,9-10,12-13,18H,8,11,14-15H2,1-4H3,(H,25,26,27). The van der Waals surface area contributed by atoms with E-state index in [0.29, 0.717) is 24.8 Å². The van der Waals surface area contributed by atoms with Crippen LogP contribution in [0.15, 0.2) is 47.1 Å². The van der Waals surface area contributed by atoms with Crippen LogP contribution in [0.3, 0.4) is 0 Å². The summed E-state index contributed by atoms with van der Waals surface area (Å²) < 4.78 is 11.0. The van der Waals surface area contributed by atoms with Gasteiger partial charge in [0.2, 0.25) is 5.95 Å². The van der Waals surface area contributed by atoms with Gasteiger partial charge in [0.1, 0.15) is 17.1 Å². The molecule has 4 rings (SSSR count). The molecule has 3 aromatic rings. The molecule has 0 bridgehead atoms. The first-order chi connectivity index (χ1) is 15.3. The molecule has 0 spiro atoms. The second-order valence-corrected chi connectivity index (χ2v) is 9.00. The highest BCUT2D eigenvalue weighted by Gasteiger charge is 2.28. The van der Waals surface area contributed by atoms with Crippen molar-refractivity contribution in [3.63, 3.8) is 0 Å². The second kappa shape index (κ2) is 8.98. The minimum Gasteiger partial charge on any atom is -0.444 e. The third-order valence-corrected chi connectivity index (χ3v) is 5.23. The van der Waals surface area contributed by atoms with Gasteiger partial charge >= 0.3 is 6.09 Å². The zero-order valence-electron chi connectivity index (χ0n) is 19.0. The number of amides is 1. The zero-order valence-corrected chi connectivity index (χ0v) is 19.0. The Morgan fingerprint density at radius 3 is 2.75 bits per heavy atom. The average molecular weight is 436 g/mol. The number of carbonyl (C=O) groups is 1. The number of aryl methyl sites for hydroxylation is 1. The van der Waals surface area contributed by atoms with Gasteiger partial charge in [-0.25, -0.2) is 14.8 Å². The number of benzene rings is 1. The molecule has 1 amide bonds. The maximum absolute atomic E-state index is 12.5. The smallest absolute Gasteiger partial charge is 0.410 e. The number of rotatable bonds is 4. The summed E-state index contributed by atoms with van der Waals surface area (Å²) in [6.07, 6.45) is 3.25. The molecule has 3 heterocycles. The molecule has 0 radical (unpaired) electrons. The Bertz CT molecular complexity index is 1070. The molecule has 168 valence electrons. The van der Waals surface area contributed by atoms with E-state index in [9.17, 15) is 4.79 Å². The van der Waals surface area contributed by atoms with Gasteiger partial charge in [-0.1, -0.05) is 35.5 Å². The maximum atomic E-state index is 12.5. The first-order valence-electron chi connectivity index (χ1n) is 10.9. The summed E-state index contributed by atoms with van der Waals surface area (Å²) in [5, 5.41) is 7.64. The lowest BCUT2D eigenvalue weighted by molar-refractivity contribution is 0.0206. The lowest BCUT2D eigenvalue weighted by Gasteiger charge is -2.34. The van der Waals surface area contributed by atoms with Gasteiger partial charge in [0.15, 0.2) is 0 Å². The van der Waals surface area contributed by atoms with E-state index in [-0.39, 0.29) is 12.1 Å². The summed E-state index contributed by atoms with van der Waals surface area (Å²) in [5.41, 5.74) is 2.79. The molecule has 1 aliphatic rings. The van der Waals surface area contributed by atoms with E-state index in [0.717, 1.165) is 35.4 Å². The molecule has 0 aliphatic carbocycles. The fraction of sp³-hybridized carbons (Fsp3) is 0.417. The van der Waals surface area contributed by atoms with Crippen LogP contribution in [0.2, 0.25) is 0 Å². The average Bonchev–Trinajstić information content (AvgIpc) is 3.15. The van der Waals surface area contributed by atoms with Crippen LogP contribution in [-0.2, 0) is 4.74 Å². The minimum atomic E-state index is -0.512. The number of piperidine rings is 1. The lowest BCUT2D eigenvalue weighted by Crippen LogP contribution is -2.47. The van der Waals surface area contributed by atoms with Crippen LogP contribution in [0.5, 0.6) is 0 Å². The van der Waals surface area contributed by atoms with Crippen LogP contribution in [0.4, 0.5) is 10.7 Å². The summed E-state index contributed by atoms with van der Waals surface area (Å²) in [5.74, 6) is 1.21. The SMILES string of the molecule is Cc1onc(-c2ccccc2)c1-c1ccnc(NC2CCCN(C(=O)OC(C)(C)C)C2)n1. The van der Waals surface area contributed by atoms with Crippen LogP contribution in [0.25, 0.3) is 22.5 Å². The highest BCUT2D eigenvalue weighted by molar-refractivity contribution is 5.80. The molecule has 1 fully saturated rings. The Kier molecular flexibility index (Phi) is 6.12. The van der Waals surface area contributed by atoms with Gasteiger partial charge < -0.3 is 19.5 Å². The fourth-order valence-corrected chi connectivity index (χ4v) is 3.80. The van der Waals surface area contributed by atoms with Crippen molar-refractivity contribution in [2.45, 2.75) is 52.2 Å². The second-order valence-electron chi connectivity index (χ2n) is 9.00. The topological polar surface area (TPSA) is 93.4 Å². The van der Waals surface area contributed by atoms with Crippen molar-refractivity contribution in [1.82, 2.24) is 20.0 Å². The van der Waals surface area contributed by atoms with E-state index in [1.54, 1.807) is 11.1 Å². The Labute approximate surface area is 188 Å². The summed E-state index contributed by atoms with van der Waals surface area (Å²) in [4.78, 5) is 23.3. The van der Waals surface area contributed by atoms with Crippen molar-refractivity contribution in [3.05, 3.63) is 48.4 Å². The van der Waals surface area contributed by atoms with E-state index >= 15 is 0 Å². The molecule has 32 heavy (non-hydrogen) atoms. The predicted octanol–water partition coefficient (Wildman–Crippen LogP) is 4.92. The Morgan fingerprint density at radius 1 is 1.22 bits per heavy atom. The van der Waals surface area contributed by atoms with Crippen molar-refractivity contribution < 1.29 is 14.1 Å². The van der Waals surface area contributed by atoms with Crippen molar-refractivity contribution in [1.29, 1.82) is 0 Å². The summed E-state index contributed by atoms with van der Waals surface area (Å²) in [7, 11) is 0. The number of hydrogen-bond acceptors (Lipinski definition) is 7. The Balaban J connectivity index is 1.51. The lowest BCUT2D eigenvalue weighted by atomic mass is 10.0. The predicted molar refractivity (Wildman–Crippen MR) is 122 cm³/mol.